The van der Waals surface area contributed by atoms with Crippen LogP contribution in [0.3, 0.4) is 0 Å². The van der Waals surface area contributed by atoms with Gasteiger partial charge in [0, 0.05) is 12.8 Å². The smallest absolute Gasteiger partial charge is 0.172 e. The van der Waals surface area contributed by atoms with E-state index in [0.29, 0.717) is 0 Å². The molecule has 0 amide bonds. The van der Waals surface area contributed by atoms with Crippen LogP contribution < -0.4 is 0 Å². The van der Waals surface area contributed by atoms with Crippen molar-refractivity contribution >= 4 is 5.57 Å². The average Bonchev–Trinajstić information content (AvgIpc) is 2.80. The van der Waals surface area contributed by atoms with Crippen LogP contribution in [-0.4, -0.2) is 19.0 Å². The van der Waals surface area contributed by atoms with Gasteiger partial charge in [-0.2, -0.15) is 0 Å². The highest BCUT2D eigenvalue weighted by Crippen LogP contribution is 2.38. The quantitative estimate of drug-likeness (QED) is 0.751. The Hall–Kier alpha value is -1.12. The van der Waals surface area contributed by atoms with E-state index in [-0.39, 0.29) is 5.79 Å². The summed E-state index contributed by atoms with van der Waals surface area (Å²) in [7, 11) is 0. The van der Waals surface area contributed by atoms with Crippen LogP contribution in [0.1, 0.15) is 36.0 Å². The Balaban J connectivity index is 1.84. The molecule has 3 rings (SSSR count). The van der Waals surface area contributed by atoms with Gasteiger partial charge in [0.05, 0.1) is 13.2 Å². The number of aryl methyl sites for hydroxylation is 2. The Morgan fingerprint density at radius 3 is 2.50 bits per heavy atom. The van der Waals surface area contributed by atoms with Gasteiger partial charge in [0.2, 0.25) is 0 Å². The zero-order valence-corrected chi connectivity index (χ0v) is 11.2. The minimum absolute atomic E-state index is 0.303. The van der Waals surface area contributed by atoms with Crippen molar-refractivity contribution < 1.29 is 9.47 Å². The van der Waals surface area contributed by atoms with E-state index in [4.69, 9.17) is 9.47 Å². The van der Waals surface area contributed by atoms with Crippen LogP contribution in [0.5, 0.6) is 0 Å². The first kappa shape index (κ1) is 11.9. The minimum atomic E-state index is -0.303. The van der Waals surface area contributed by atoms with Crippen molar-refractivity contribution in [3.63, 3.8) is 0 Å². The lowest BCUT2D eigenvalue weighted by Gasteiger charge is -2.31. The summed E-state index contributed by atoms with van der Waals surface area (Å²) in [5.41, 5.74) is 5.52. The fourth-order valence-corrected chi connectivity index (χ4v) is 2.99. The third-order valence-electron chi connectivity index (χ3n) is 3.98. The van der Waals surface area contributed by atoms with Gasteiger partial charge in [0.25, 0.3) is 0 Å². The lowest BCUT2D eigenvalue weighted by molar-refractivity contribution is -0.159. The van der Waals surface area contributed by atoms with E-state index in [2.05, 4.69) is 38.1 Å². The van der Waals surface area contributed by atoms with Crippen LogP contribution in [0.25, 0.3) is 5.57 Å². The van der Waals surface area contributed by atoms with Crippen LogP contribution >= 0.6 is 0 Å². The van der Waals surface area contributed by atoms with E-state index >= 15 is 0 Å². The number of benzene rings is 1. The topological polar surface area (TPSA) is 18.5 Å². The number of hydrogen-bond donors (Lipinski definition) is 0. The molecule has 96 valence electrons. The first-order valence-electron chi connectivity index (χ1n) is 6.73. The summed E-state index contributed by atoms with van der Waals surface area (Å²) in [6.45, 7) is 5.82. The Bertz CT molecular complexity index is 482. The van der Waals surface area contributed by atoms with Gasteiger partial charge in [0.1, 0.15) is 0 Å². The highest BCUT2D eigenvalue weighted by Gasteiger charge is 2.37. The van der Waals surface area contributed by atoms with Crippen LogP contribution in [0.15, 0.2) is 24.3 Å². The third kappa shape index (κ3) is 2.11. The van der Waals surface area contributed by atoms with E-state index in [1.807, 2.05) is 0 Å². The molecular weight excluding hydrogens is 224 g/mol. The highest BCUT2D eigenvalue weighted by molar-refractivity contribution is 5.69. The summed E-state index contributed by atoms with van der Waals surface area (Å²) in [6.07, 6.45) is 5.21. The zero-order chi connectivity index (χ0) is 12.6. The number of ether oxygens (including phenoxy) is 2. The van der Waals surface area contributed by atoms with Crippen molar-refractivity contribution in [2.75, 3.05) is 13.2 Å². The normalized spacial score (nSPS) is 22.2. The summed E-state index contributed by atoms with van der Waals surface area (Å²) < 4.78 is 11.5. The van der Waals surface area contributed by atoms with E-state index < -0.39 is 0 Å². The summed E-state index contributed by atoms with van der Waals surface area (Å²) >= 11 is 0. The summed E-state index contributed by atoms with van der Waals surface area (Å²) in [6, 6.07) is 6.68. The van der Waals surface area contributed by atoms with Crippen molar-refractivity contribution in [2.24, 2.45) is 0 Å². The largest absolute Gasteiger partial charge is 0.347 e. The Morgan fingerprint density at radius 1 is 1.11 bits per heavy atom. The van der Waals surface area contributed by atoms with Gasteiger partial charge in [0.15, 0.2) is 5.79 Å². The van der Waals surface area contributed by atoms with E-state index in [0.717, 1.165) is 32.5 Å². The standard InChI is InChI=1S/C16H20O2/c1-12-3-4-15(13(2)11-12)14-5-7-16(8-6-14)17-9-10-18-16/h3-5,11H,6-10H2,1-2H3. The van der Waals surface area contributed by atoms with Crippen molar-refractivity contribution in [2.45, 2.75) is 38.9 Å². The van der Waals surface area contributed by atoms with Gasteiger partial charge >= 0.3 is 0 Å². The van der Waals surface area contributed by atoms with E-state index in [1.165, 1.54) is 22.3 Å². The zero-order valence-electron chi connectivity index (χ0n) is 11.2. The first-order chi connectivity index (χ1) is 8.69. The van der Waals surface area contributed by atoms with Crippen LogP contribution in [-0.2, 0) is 9.47 Å². The predicted octanol–water partition coefficient (Wildman–Crippen LogP) is 3.61. The minimum Gasteiger partial charge on any atom is -0.347 e. The molecular formula is C16H20O2. The van der Waals surface area contributed by atoms with E-state index in [1.54, 1.807) is 0 Å². The summed E-state index contributed by atoms with van der Waals surface area (Å²) in [5.74, 6) is -0.303. The number of hydrogen-bond acceptors (Lipinski definition) is 2. The molecule has 0 aromatic heterocycles. The van der Waals surface area contributed by atoms with Gasteiger partial charge in [-0.15, -0.1) is 0 Å². The molecule has 0 radical (unpaired) electrons. The number of allylic oxidation sites excluding steroid dienone is 1. The molecule has 1 spiro atoms. The second kappa shape index (κ2) is 4.52. The molecule has 1 aliphatic heterocycles. The molecule has 2 heteroatoms. The monoisotopic (exact) mass is 244 g/mol. The number of rotatable bonds is 1. The molecule has 1 aromatic carbocycles. The molecule has 1 fully saturated rings. The van der Waals surface area contributed by atoms with Gasteiger partial charge in [-0.05, 0) is 37.0 Å². The highest BCUT2D eigenvalue weighted by atomic mass is 16.7. The summed E-state index contributed by atoms with van der Waals surface area (Å²) in [5, 5.41) is 0. The van der Waals surface area contributed by atoms with Gasteiger partial charge in [-0.3, -0.25) is 0 Å². The maximum atomic E-state index is 5.75. The lowest BCUT2D eigenvalue weighted by Crippen LogP contribution is -2.31. The molecule has 1 aliphatic carbocycles. The molecule has 0 N–H and O–H groups in total. The third-order valence-corrected chi connectivity index (χ3v) is 3.98. The maximum Gasteiger partial charge on any atom is 0.172 e. The lowest BCUT2D eigenvalue weighted by atomic mass is 9.87. The molecule has 2 aliphatic rings. The SMILES string of the molecule is Cc1ccc(C2=CCC3(CC2)OCCO3)c(C)c1. The van der Waals surface area contributed by atoms with Crippen molar-refractivity contribution in [1.29, 1.82) is 0 Å². The van der Waals surface area contributed by atoms with Crippen LogP contribution in [0.4, 0.5) is 0 Å². The van der Waals surface area contributed by atoms with Crippen molar-refractivity contribution in [3.8, 4) is 0 Å². The van der Waals surface area contributed by atoms with E-state index in [9.17, 15) is 0 Å². The maximum absolute atomic E-state index is 5.75. The first-order valence-corrected chi connectivity index (χ1v) is 6.73. The summed E-state index contributed by atoms with van der Waals surface area (Å²) in [4.78, 5) is 0. The Labute approximate surface area is 109 Å². The Morgan fingerprint density at radius 2 is 1.89 bits per heavy atom. The molecule has 0 unspecified atom stereocenters. The van der Waals surface area contributed by atoms with Crippen molar-refractivity contribution in [3.05, 3.63) is 41.0 Å². The molecule has 2 nitrogen and oxygen atoms in total. The van der Waals surface area contributed by atoms with Crippen LogP contribution in [0, 0.1) is 13.8 Å². The fourth-order valence-electron chi connectivity index (χ4n) is 2.99. The molecule has 18 heavy (non-hydrogen) atoms. The fraction of sp³-hybridized carbons (Fsp3) is 0.500. The van der Waals surface area contributed by atoms with Crippen molar-refractivity contribution in [1.82, 2.24) is 0 Å². The van der Waals surface area contributed by atoms with Crippen LogP contribution in [0.2, 0.25) is 0 Å². The molecule has 1 heterocycles. The Kier molecular flexibility index (Phi) is 3.00. The molecule has 0 atom stereocenters. The molecule has 1 saturated heterocycles. The second-order valence-corrected chi connectivity index (χ2v) is 5.36. The van der Waals surface area contributed by atoms with Gasteiger partial charge in [-0.25, -0.2) is 0 Å². The molecule has 0 bridgehead atoms. The average molecular weight is 244 g/mol. The predicted molar refractivity (Wildman–Crippen MR) is 72.4 cm³/mol. The molecule has 0 saturated carbocycles. The molecule has 1 aromatic rings. The van der Waals surface area contributed by atoms with Gasteiger partial charge < -0.3 is 9.47 Å². The van der Waals surface area contributed by atoms with Gasteiger partial charge in [-0.1, -0.05) is 29.8 Å². The second-order valence-electron chi connectivity index (χ2n) is 5.36.